The van der Waals surface area contributed by atoms with Gasteiger partial charge in [0.05, 0.1) is 11.0 Å². The maximum absolute atomic E-state index is 11.6. The third-order valence-electron chi connectivity index (χ3n) is 7.73. The van der Waals surface area contributed by atoms with Gasteiger partial charge in [-0.25, -0.2) is 0 Å². The second-order valence-corrected chi connectivity index (χ2v) is 9.58. The first kappa shape index (κ1) is 19.3. The van der Waals surface area contributed by atoms with E-state index >= 15 is 0 Å². The highest BCUT2D eigenvalue weighted by atomic mass is 16.2. The van der Waals surface area contributed by atoms with Gasteiger partial charge in [-0.2, -0.15) is 0 Å². The zero-order chi connectivity index (χ0) is 23.3. The second-order valence-electron chi connectivity index (χ2n) is 9.58. The lowest BCUT2D eigenvalue weighted by molar-refractivity contribution is 0.598. The summed E-state index contributed by atoms with van der Waals surface area (Å²) < 4.78 is 2.28. The fourth-order valence-corrected chi connectivity index (χ4v) is 6.18. The standard InChI is InChI=1S/C30H19B2NO2/c34-31-24-12-7-13-25-30(24)33-28-22(14-20(16-26(28)31)18-8-3-1-4-9-18)23-15-21(19-10-5-2-6-11-19)17-27(29(23)33)32(25)35/h1-17,34-35H. The van der Waals surface area contributed by atoms with Crippen molar-refractivity contribution in [1.82, 2.24) is 4.57 Å². The summed E-state index contributed by atoms with van der Waals surface area (Å²) >= 11 is 0. The van der Waals surface area contributed by atoms with Crippen LogP contribution in [0.25, 0.3) is 49.7 Å². The molecule has 5 aromatic carbocycles. The lowest BCUT2D eigenvalue weighted by atomic mass is 9.48. The smallest absolute Gasteiger partial charge is 0.363 e. The zero-order valence-corrected chi connectivity index (χ0v) is 18.8. The number of hydrogen-bond acceptors (Lipinski definition) is 2. The van der Waals surface area contributed by atoms with E-state index in [1.165, 1.54) is 0 Å². The highest BCUT2D eigenvalue weighted by Crippen LogP contribution is 2.38. The van der Waals surface area contributed by atoms with Gasteiger partial charge < -0.3 is 14.6 Å². The molecule has 0 bridgehead atoms. The average molecular weight is 447 g/mol. The van der Waals surface area contributed by atoms with Crippen molar-refractivity contribution >= 4 is 57.5 Å². The summed E-state index contributed by atoms with van der Waals surface area (Å²) in [5.74, 6) is 0. The molecule has 0 spiro atoms. The molecule has 2 aliphatic rings. The van der Waals surface area contributed by atoms with Crippen molar-refractivity contribution in [3.05, 3.63) is 103 Å². The summed E-state index contributed by atoms with van der Waals surface area (Å²) in [5.41, 5.74) is 10.9. The molecule has 162 valence electrons. The van der Waals surface area contributed by atoms with E-state index in [1.54, 1.807) is 0 Å². The van der Waals surface area contributed by atoms with Crippen LogP contribution < -0.4 is 21.9 Å². The van der Waals surface area contributed by atoms with Crippen LogP contribution in [-0.2, 0) is 0 Å². The Labute approximate surface area is 203 Å². The van der Waals surface area contributed by atoms with Crippen LogP contribution in [0.4, 0.5) is 0 Å². The maximum Gasteiger partial charge on any atom is 0.363 e. The van der Waals surface area contributed by atoms with Crippen LogP contribution in [0.2, 0.25) is 0 Å². The molecule has 35 heavy (non-hydrogen) atoms. The predicted molar refractivity (Wildman–Crippen MR) is 146 cm³/mol. The number of para-hydroxylation sites is 1. The number of aromatic nitrogens is 1. The van der Waals surface area contributed by atoms with E-state index < -0.39 is 13.8 Å². The van der Waals surface area contributed by atoms with Gasteiger partial charge in [0, 0.05) is 16.5 Å². The Kier molecular flexibility index (Phi) is 3.72. The Morgan fingerprint density at radius 3 is 1.37 bits per heavy atom. The van der Waals surface area contributed by atoms with E-state index in [0.717, 1.165) is 71.6 Å². The van der Waals surface area contributed by atoms with Gasteiger partial charge in [0.2, 0.25) is 0 Å². The van der Waals surface area contributed by atoms with Crippen molar-refractivity contribution < 1.29 is 10.0 Å². The third-order valence-corrected chi connectivity index (χ3v) is 7.73. The van der Waals surface area contributed by atoms with E-state index in [2.05, 4.69) is 53.1 Å². The Hall–Kier alpha value is -4.05. The highest BCUT2D eigenvalue weighted by Gasteiger charge is 2.40. The molecule has 8 rings (SSSR count). The maximum atomic E-state index is 11.6. The molecule has 0 radical (unpaired) electrons. The molecule has 2 aliphatic heterocycles. The Morgan fingerprint density at radius 2 is 0.914 bits per heavy atom. The molecule has 2 N–H and O–H groups in total. The molecule has 0 saturated carbocycles. The molecular formula is C30H19B2NO2. The summed E-state index contributed by atoms with van der Waals surface area (Å²) in [5, 5.41) is 25.4. The molecule has 0 aliphatic carbocycles. The van der Waals surface area contributed by atoms with Gasteiger partial charge in [0.1, 0.15) is 0 Å². The molecule has 3 heterocycles. The van der Waals surface area contributed by atoms with E-state index in [4.69, 9.17) is 0 Å². The summed E-state index contributed by atoms with van der Waals surface area (Å²) in [6.07, 6.45) is 0. The number of nitrogens with zero attached hydrogens (tertiary/aromatic N) is 1. The van der Waals surface area contributed by atoms with Gasteiger partial charge >= 0.3 is 13.8 Å². The highest BCUT2D eigenvalue weighted by molar-refractivity contribution is 6.87. The predicted octanol–water partition coefficient (Wildman–Crippen LogP) is 2.94. The van der Waals surface area contributed by atoms with Crippen LogP contribution in [-0.4, -0.2) is 28.4 Å². The van der Waals surface area contributed by atoms with Crippen molar-refractivity contribution in [3.8, 4) is 27.9 Å². The molecule has 3 nitrogen and oxygen atoms in total. The number of hydrogen-bond donors (Lipinski definition) is 2. The Bertz CT molecular complexity index is 1700. The summed E-state index contributed by atoms with van der Waals surface area (Å²) in [7, 11) is 0. The second kappa shape index (κ2) is 6.76. The molecule has 1 aromatic heterocycles. The van der Waals surface area contributed by atoms with Gasteiger partial charge in [-0.1, -0.05) is 91.0 Å². The topological polar surface area (TPSA) is 45.4 Å². The molecule has 0 atom stereocenters. The van der Waals surface area contributed by atoms with E-state index in [0.29, 0.717) is 0 Å². The molecule has 0 unspecified atom stereocenters. The molecule has 0 saturated heterocycles. The lowest BCUT2D eigenvalue weighted by Gasteiger charge is -2.30. The van der Waals surface area contributed by atoms with E-state index in [1.807, 2.05) is 54.6 Å². The quantitative estimate of drug-likeness (QED) is 0.402. The van der Waals surface area contributed by atoms with Crippen LogP contribution >= 0.6 is 0 Å². The van der Waals surface area contributed by atoms with Gasteiger partial charge in [-0.05, 0) is 56.2 Å². The van der Waals surface area contributed by atoms with Crippen molar-refractivity contribution in [1.29, 1.82) is 0 Å². The van der Waals surface area contributed by atoms with Gasteiger partial charge in [0.15, 0.2) is 0 Å². The fourth-order valence-electron chi connectivity index (χ4n) is 6.18. The first-order valence-electron chi connectivity index (χ1n) is 12.0. The number of benzene rings is 5. The Morgan fingerprint density at radius 1 is 0.457 bits per heavy atom. The van der Waals surface area contributed by atoms with Crippen LogP contribution in [0.3, 0.4) is 0 Å². The monoisotopic (exact) mass is 447 g/mol. The van der Waals surface area contributed by atoms with Crippen LogP contribution in [0.15, 0.2) is 103 Å². The van der Waals surface area contributed by atoms with E-state index in [9.17, 15) is 10.0 Å². The first-order valence-corrected chi connectivity index (χ1v) is 12.0. The third kappa shape index (κ3) is 2.44. The van der Waals surface area contributed by atoms with Gasteiger partial charge in [-0.3, -0.25) is 0 Å². The zero-order valence-electron chi connectivity index (χ0n) is 18.8. The molecular weight excluding hydrogens is 428 g/mol. The molecule has 0 fully saturated rings. The molecule has 6 aromatic rings. The summed E-state index contributed by atoms with van der Waals surface area (Å²) in [6, 6.07) is 35.3. The summed E-state index contributed by atoms with van der Waals surface area (Å²) in [4.78, 5) is 0. The van der Waals surface area contributed by atoms with Gasteiger partial charge in [-0.15, -0.1) is 0 Å². The first-order chi connectivity index (χ1) is 17.2. The molecule has 0 amide bonds. The SMILES string of the molecule is OB1c2cccc3c2-n2c4c1cc(-c1ccccc1)cc4c1cc(-c4ccccc4)cc(c12)B3O. The van der Waals surface area contributed by atoms with Crippen LogP contribution in [0.1, 0.15) is 0 Å². The number of fused-ring (bicyclic) bond motifs is 1. The Balaban J connectivity index is 1.59. The van der Waals surface area contributed by atoms with Crippen molar-refractivity contribution in [2.75, 3.05) is 0 Å². The minimum atomic E-state index is -0.754. The van der Waals surface area contributed by atoms with Crippen molar-refractivity contribution in [2.24, 2.45) is 0 Å². The lowest BCUT2D eigenvalue weighted by Crippen LogP contribution is -2.56. The minimum absolute atomic E-state index is 0.754. The average Bonchev–Trinajstić information content (AvgIpc) is 3.25. The minimum Gasteiger partial charge on any atom is -0.443 e. The van der Waals surface area contributed by atoms with Crippen molar-refractivity contribution in [3.63, 3.8) is 0 Å². The van der Waals surface area contributed by atoms with Crippen molar-refractivity contribution in [2.45, 2.75) is 0 Å². The number of rotatable bonds is 2. The summed E-state index contributed by atoms with van der Waals surface area (Å²) in [6.45, 7) is -1.51. The molecule has 5 heteroatoms. The van der Waals surface area contributed by atoms with Gasteiger partial charge in [0.25, 0.3) is 0 Å². The van der Waals surface area contributed by atoms with Crippen LogP contribution in [0.5, 0.6) is 0 Å². The fraction of sp³-hybridized carbons (Fsp3) is 0. The largest absolute Gasteiger partial charge is 0.443 e. The normalized spacial score (nSPS) is 13.3. The van der Waals surface area contributed by atoms with E-state index in [-0.39, 0.29) is 0 Å². The van der Waals surface area contributed by atoms with Crippen LogP contribution in [0, 0.1) is 0 Å².